The van der Waals surface area contributed by atoms with E-state index in [1.165, 1.54) is 6.07 Å². The molecule has 0 aliphatic carbocycles. The predicted molar refractivity (Wildman–Crippen MR) is 94.5 cm³/mol. The van der Waals surface area contributed by atoms with Gasteiger partial charge in [0.2, 0.25) is 5.91 Å². The molecule has 1 aromatic rings. The summed E-state index contributed by atoms with van der Waals surface area (Å²) in [4.78, 5) is 12.5. The first-order chi connectivity index (χ1) is 11.0. The molecule has 0 spiro atoms. The van der Waals surface area contributed by atoms with Gasteiger partial charge in [0.1, 0.15) is 11.9 Å². The van der Waals surface area contributed by atoms with Gasteiger partial charge in [0.25, 0.3) is 0 Å². The molecule has 2 fully saturated rings. The van der Waals surface area contributed by atoms with Crippen LogP contribution in [0.2, 0.25) is 0 Å². The molecule has 0 bridgehead atoms. The van der Waals surface area contributed by atoms with Crippen molar-refractivity contribution < 1.29 is 9.18 Å². The number of hydrogen-bond acceptors (Lipinski definition) is 4. The molecule has 2 aliphatic heterocycles. The van der Waals surface area contributed by atoms with Crippen LogP contribution in [0.4, 0.5) is 4.39 Å². The Morgan fingerprint density at radius 3 is 2.83 bits per heavy atom. The number of hydrazine groups is 1. The third-order valence-corrected chi connectivity index (χ3v) is 4.97. The van der Waals surface area contributed by atoms with Crippen LogP contribution in [0.15, 0.2) is 24.3 Å². The van der Waals surface area contributed by atoms with E-state index in [1.54, 1.807) is 12.1 Å². The average Bonchev–Trinajstić information content (AvgIpc) is 2.97. The Hall–Kier alpha value is -1.21. The highest BCUT2D eigenvalue weighted by atomic mass is 35.5. The normalized spacial score (nSPS) is 26.4. The number of halogens is 2. The smallest absolute Gasteiger partial charge is 0.238 e. The van der Waals surface area contributed by atoms with Crippen LogP contribution in [-0.2, 0) is 10.2 Å². The first-order valence-corrected chi connectivity index (χ1v) is 8.23. The molecule has 1 aromatic carbocycles. The van der Waals surface area contributed by atoms with Crippen molar-refractivity contribution in [2.45, 2.75) is 37.8 Å². The van der Waals surface area contributed by atoms with Gasteiger partial charge >= 0.3 is 0 Å². The number of benzene rings is 1. The van der Waals surface area contributed by atoms with Crippen molar-refractivity contribution >= 4 is 18.3 Å². The number of rotatable bonds is 4. The van der Waals surface area contributed by atoms with E-state index in [0.29, 0.717) is 18.2 Å². The molecule has 0 saturated carbocycles. The van der Waals surface area contributed by atoms with Crippen LogP contribution < -0.4 is 21.5 Å². The van der Waals surface area contributed by atoms with Crippen molar-refractivity contribution in [3.05, 3.63) is 35.6 Å². The molecule has 2 heterocycles. The monoisotopic (exact) mass is 356 g/mol. The van der Waals surface area contributed by atoms with Crippen LogP contribution in [0.25, 0.3) is 0 Å². The lowest BCUT2D eigenvalue weighted by Crippen LogP contribution is -2.51. The molecular formula is C17H26ClFN4O. The topological polar surface area (TPSA) is 65.2 Å². The molecule has 2 saturated heterocycles. The van der Waals surface area contributed by atoms with E-state index < -0.39 is 5.41 Å². The van der Waals surface area contributed by atoms with Crippen molar-refractivity contribution in [1.29, 1.82) is 0 Å². The number of piperidine rings is 1. The third kappa shape index (κ3) is 3.88. The summed E-state index contributed by atoms with van der Waals surface area (Å²) in [6.07, 6.45) is 1.02. The molecule has 24 heavy (non-hydrogen) atoms. The highest BCUT2D eigenvalue weighted by Gasteiger charge is 2.41. The molecule has 134 valence electrons. The number of carbonyl (C=O) groups is 1. The molecule has 5 nitrogen and oxygen atoms in total. The van der Waals surface area contributed by atoms with Gasteiger partial charge in [-0.2, -0.15) is 0 Å². The zero-order valence-electron chi connectivity index (χ0n) is 14.1. The van der Waals surface area contributed by atoms with Crippen LogP contribution in [0.3, 0.4) is 0 Å². The average molecular weight is 357 g/mol. The number of nitrogens with one attached hydrogen (secondary N) is 4. The second kappa shape index (κ2) is 7.78. The van der Waals surface area contributed by atoms with Crippen LogP contribution in [0.5, 0.6) is 0 Å². The van der Waals surface area contributed by atoms with Gasteiger partial charge in [-0.3, -0.25) is 10.2 Å². The van der Waals surface area contributed by atoms with Crippen LogP contribution in [0, 0.1) is 11.7 Å². The molecule has 0 radical (unpaired) electrons. The quantitative estimate of drug-likeness (QED) is 0.652. The molecule has 2 aliphatic rings. The van der Waals surface area contributed by atoms with Crippen molar-refractivity contribution in [3.8, 4) is 0 Å². The van der Waals surface area contributed by atoms with Crippen molar-refractivity contribution in [2.24, 2.45) is 5.92 Å². The van der Waals surface area contributed by atoms with Crippen molar-refractivity contribution in [1.82, 2.24) is 21.5 Å². The first kappa shape index (κ1) is 19.1. The lowest BCUT2D eigenvalue weighted by atomic mass is 9.83. The fraction of sp³-hybridized carbons (Fsp3) is 0.588. The molecule has 4 N–H and O–H groups in total. The lowest BCUT2D eigenvalue weighted by Gasteiger charge is -2.29. The fourth-order valence-corrected chi connectivity index (χ4v) is 3.50. The third-order valence-electron chi connectivity index (χ3n) is 4.97. The maximum absolute atomic E-state index is 14.0. The van der Waals surface area contributed by atoms with E-state index in [9.17, 15) is 9.18 Å². The Balaban J connectivity index is 0.00000208. The van der Waals surface area contributed by atoms with E-state index >= 15 is 0 Å². The van der Waals surface area contributed by atoms with Gasteiger partial charge in [-0.05, 0) is 24.6 Å². The van der Waals surface area contributed by atoms with Gasteiger partial charge in [0, 0.05) is 30.5 Å². The zero-order valence-corrected chi connectivity index (χ0v) is 14.9. The van der Waals surface area contributed by atoms with Crippen LogP contribution in [-0.4, -0.2) is 37.6 Å². The summed E-state index contributed by atoms with van der Waals surface area (Å²) >= 11 is 0. The molecule has 0 aromatic heterocycles. The summed E-state index contributed by atoms with van der Waals surface area (Å²) < 4.78 is 14.0. The maximum Gasteiger partial charge on any atom is 0.238 e. The second-order valence-corrected chi connectivity index (χ2v) is 7.11. The Bertz CT molecular complexity index is 583. The Labute approximate surface area is 148 Å². The highest BCUT2D eigenvalue weighted by Crippen LogP contribution is 2.25. The van der Waals surface area contributed by atoms with Gasteiger partial charge in [-0.25, -0.2) is 9.82 Å². The molecule has 3 atom stereocenters. The predicted octanol–water partition coefficient (Wildman–Crippen LogP) is 1.10. The van der Waals surface area contributed by atoms with E-state index in [4.69, 9.17) is 0 Å². The Kier molecular flexibility index (Phi) is 6.20. The van der Waals surface area contributed by atoms with Gasteiger partial charge in [-0.1, -0.05) is 32.0 Å². The summed E-state index contributed by atoms with van der Waals surface area (Å²) in [5, 5.41) is 6.32. The summed E-state index contributed by atoms with van der Waals surface area (Å²) in [5.41, 5.74) is 6.49. The molecule has 7 heteroatoms. The first-order valence-electron chi connectivity index (χ1n) is 8.23. The summed E-state index contributed by atoms with van der Waals surface area (Å²) in [6, 6.07) is 6.83. The SMILES string of the molecule is CC(C)(CNC(=O)C1NNC2CCNCC21)c1ccccc1F.Cl. The van der Waals surface area contributed by atoms with Crippen molar-refractivity contribution in [3.63, 3.8) is 0 Å². The number of hydrogen-bond donors (Lipinski definition) is 4. The van der Waals surface area contributed by atoms with E-state index in [-0.39, 0.29) is 36.1 Å². The zero-order chi connectivity index (χ0) is 16.4. The second-order valence-electron chi connectivity index (χ2n) is 7.11. The fourth-order valence-electron chi connectivity index (χ4n) is 3.50. The summed E-state index contributed by atoms with van der Waals surface area (Å²) in [6.45, 7) is 6.09. The van der Waals surface area contributed by atoms with Crippen LogP contribution >= 0.6 is 12.4 Å². The van der Waals surface area contributed by atoms with Crippen molar-refractivity contribution in [2.75, 3.05) is 19.6 Å². The van der Waals surface area contributed by atoms with E-state index in [2.05, 4.69) is 21.5 Å². The number of carbonyl (C=O) groups excluding carboxylic acids is 1. The molecule has 3 rings (SSSR count). The van der Waals surface area contributed by atoms with Gasteiger partial charge in [0.15, 0.2) is 0 Å². The number of amides is 1. The molecule has 3 unspecified atom stereocenters. The number of fused-ring (bicyclic) bond motifs is 1. The minimum Gasteiger partial charge on any atom is -0.354 e. The van der Waals surface area contributed by atoms with E-state index in [0.717, 1.165) is 19.5 Å². The van der Waals surface area contributed by atoms with E-state index in [1.807, 2.05) is 19.9 Å². The minimum atomic E-state index is -0.461. The Morgan fingerprint density at radius 1 is 1.33 bits per heavy atom. The summed E-state index contributed by atoms with van der Waals surface area (Å²) in [7, 11) is 0. The minimum absolute atomic E-state index is 0. The Morgan fingerprint density at radius 2 is 2.08 bits per heavy atom. The molecular weight excluding hydrogens is 331 g/mol. The van der Waals surface area contributed by atoms with Gasteiger partial charge in [0.05, 0.1) is 0 Å². The standard InChI is InChI=1S/C17H25FN4O.ClH/c1-17(2,12-5-3-4-6-13(12)18)10-20-16(23)15-11-9-19-8-7-14(11)21-22-15;/h3-6,11,14-15,19,21-22H,7-10H2,1-2H3,(H,20,23);1H. The largest absolute Gasteiger partial charge is 0.354 e. The maximum atomic E-state index is 14.0. The van der Waals surface area contributed by atoms with Crippen LogP contribution in [0.1, 0.15) is 25.8 Å². The van der Waals surface area contributed by atoms with Gasteiger partial charge in [-0.15, -0.1) is 12.4 Å². The highest BCUT2D eigenvalue weighted by molar-refractivity contribution is 5.85. The lowest BCUT2D eigenvalue weighted by molar-refractivity contribution is -0.124. The summed E-state index contributed by atoms with van der Waals surface area (Å²) in [5.74, 6) is -0.0117. The molecule has 1 amide bonds. The van der Waals surface area contributed by atoms with Gasteiger partial charge < -0.3 is 10.6 Å².